The second-order valence-electron chi connectivity index (χ2n) is 8.32. The number of likely N-dealkylation sites (tertiary alicyclic amines) is 1. The Labute approximate surface area is 189 Å². The molecule has 172 valence electrons. The average molecular weight is 535 g/mol. The third kappa shape index (κ3) is 13.2. The summed E-state index contributed by atoms with van der Waals surface area (Å²) in [5.74, 6) is 1.12. The molecule has 10 heteroatoms. The Morgan fingerprint density at radius 2 is 1.66 bits per heavy atom. The Bertz CT molecular complexity index is 501. The van der Waals surface area contributed by atoms with Crippen LogP contribution in [0.5, 0.6) is 0 Å². The molecule has 0 bridgehead atoms. The van der Waals surface area contributed by atoms with Crippen LogP contribution in [0.25, 0.3) is 0 Å². The highest BCUT2D eigenvalue weighted by molar-refractivity contribution is 14.0. The van der Waals surface area contributed by atoms with Crippen LogP contribution in [-0.4, -0.2) is 68.8 Å². The number of rotatable bonds is 8. The first-order chi connectivity index (χ1) is 13.0. The van der Waals surface area contributed by atoms with Crippen molar-refractivity contribution >= 4 is 35.8 Å². The topological polar surface area (TPSA) is 68.8 Å². The van der Waals surface area contributed by atoms with Crippen LogP contribution in [0.4, 0.5) is 13.2 Å². The summed E-state index contributed by atoms with van der Waals surface area (Å²) in [5, 5.41) is 9.23. The SMILES string of the molecule is CCNC(=NCCC1CCN(CC(F)(F)F)CC1)NCCNC(=O)C(C)(C)C.I. The predicted molar refractivity (Wildman–Crippen MR) is 122 cm³/mol. The molecule has 0 atom stereocenters. The van der Waals surface area contributed by atoms with Gasteiger partial charge in [-0.1, -0.05) is 20.8 Å². The molecule has 1 aliphatic rings. The van der Waals surface area contributed by atoms with E-state index in [1.54, 1.807) is 0 Å². The maximum Gasteiger partial charge on any atom is 0.401 e. The fraction of sp³-hybridized carbons (Fsp3) is 0.895. The number of guanidine groups is 1. The highest BCUT2D eigenvalue weighted by Crippen LogP contribution is 2.24. The van der Waals surface area contributed by atoms with Crippen molar-refractivity contribution in [3.8, 4) is 0 Å². The molecular formula is C19H37F3IN5O. The molecule has 0 saturated carbocycles. The van der Waals surface area contributed by atoms with Gasteiger partial charge in [0.15, 0.2) is 5.96 Å². The van der Waals surface area contributed by atoms with Gasteiger partial charge in [0.25, 0.3) is 0 Å². The van der Waals surface area contributed by atoms with Gasteiger partial charge in [-0.3, -0.25) is 14.7 Å². The standard InChI is InChI=1S/C19H36F3N5O.HI/c1-5-23-17(26-11-10-24-16(28)18(2,3)4)25-9-6-15-7-12-27(13-8-15)14-19(20,21)22;/h15H,5-14H2,1-4H3,(H,24,28)(H2,23,25,26);1H. The summed E-state index contributed by atoms with van der Waals surface area (Å²) in [6, 6.07) is 0. The molecule has 0 aliphatic carbocycles. The quantitative estimate of drug-likeness (QED) is 0.194. The van der Waals surface area contributed by atoms with Crippen LogP contribution >= 0.6 is 24.0 Å². The highest BCUT2D eigenvalue weighted by atomic mass is 127. The molecule has 0 aromatic carbocycles. The van der Waals surface area contributed by atoms with Crippen molar-refractivity contribution in [2.45, 2.75) is 53.1 Å². The van der Waals surface area contributed by atoms with Crippen LogP contribution in [0, 0.1) is 11.3 Å². The zero-order valence-electron chi connectivity index (χ0n) is 18.0. The van der Waals surface area contributed by atoms with E-state index in [1.807, 2.05) is 27.7 Å². The van der Waals surface area contributed by atoms with E-state index in [1.165, 1.54) is 4.90 Å². The molecule has 0 radical (unpaired) electrons. The highest BCUT2D eigenvalue weighted by Gasteiger charge is 2.32. The van der Waals surface area contributed by atoms with Gasteiger partial charge in [-0.2, -0.15) is 13.2 Å². The summed E-state index contributed by atoms with van der Waals surface area (Å²) in [7, 11) is 0. The lowest BCUT2D eigenvalue weighted by molar-refractivity contribution is -0.148. The molecule has 3 N–H and O–H groups in total. The first-order valence-corrected chi connectivity index (χ1v) is 10.1. The fourth-order valence-electron chi connectivity index (χ4n) is 3.01. The number of piperidine rings is 1. The lowest BCUT2D eigenvalue weighted by Crippen LogP contribution is -2.43. The Kier molecular flexibility index (Phi) is 13.1. The van der Waals surface area contributed by atoms with Gasteiger partial charge >= 0.3 is 6.18 Å². The number of hydrogen-bond acceptors (Lipinski definition) is 3. The van der Waals surface area contributed by atoms with Crippen molar-refractivity contribution in [3.05, 3.63) is 0 Å². The van der Waals surface area contributed by atoms with E-state index in [4.69, 9.17) is 0 Å². The number of amides is 1. The van der Waals surface area contributed by atoms with Gasteiger partial charge < -0.3 is 16.0 Å². The Balaban J connectivity index is 0.00000784. The van der Waals surface area contributed by atoms with Gasteiger partial charge in [0, 0.05) is 31.6 Å². The second kappa shape index (κ2) is 13.5. The van der Waals surface area contributed by atoms with E-state index in [9.17, 15) is 18.0 Å². The molecule has 0 spiro atoms. The van der Waals surface area contributed by atoms with Crippen molar-refractivity contribution in [2.24, 2.45) is 16.3 Å². The number of halogens is 4. The first-order valence-electron chi connectivity index (χ1n) is 10.1. The minimum atomic E-state index is -4.12. The maximum absolute atomic E-state index is 12.4. The number of nitrogens with zero attached hydrogens (tertiary/aromatic N) is 2. The van der Waals surface area contributed by atoms with Gasteiger partial charge in [0.2, 0.25) is 5.91 Å². The van der Waals surface area contributed by atoms with Crippen LogP contribution in [-0.2, 0) is 4.79 Å². The van der Waals surface area contributed by atoms with Gasteiger partial charge in [-0.05, 0) is 45.2 Å². The van der Waals surface area contributed by atoms with Crippen LogP contribution < -0.4 is 16.0 Å². The fourth-order valence-corrected chi connectivity index (χ4v) is 3.01. The summed E-state index contributed by atoms with van der Waals surface area (Å²) < 4.78 is 37.3. The molecular weight excluding hydrogens is 498 g/mol. The van der Waals surface area contributed by atoms with Gasteiger partial charge in [-0.25, -0.2) is 0 Å². The zero-order chi connectivity index (χ0) is 21.2. The molecule has 1 amide bonds. The molecule has 0 aromatic rings. The number of carbonyl (C=O) groups excluding carboxylic acids is 1. The average Bonchev–Trinajstić information content (AvgIpc) is 2.57. The Morgan fingerprint density at radius 1 is 1.07 bits per heavy atom. The minimum Gasteiger partial charge on any atom is -0.357 e. The van der Waals surface area contributed by atoms with Crippen LogP contribution in [0.2, 0.25) is 0 Å². The van der Waals surface area contributed by atoms with E-state index in [0.29, 0.717) is 44.6 Å². The molecule has 1 aliphatic heterocycles. The molecule has 1 rings (SSSR count). The van der Waals surface area contributed by atoms with Gasteiger partial charge in [-0.15, -0.1) is 24.0 Å². The largest absolute Gasteiger partial charge is 0.401 e. The van der Waals surface area contributed by atoms with Crippen molar-refractivity contribution in [1.82, 2.24) is 20.9 Å². The van der Waals surface area contributed by atoms with Gasteiger partial charge in [0.1, 0.15) is 0 Å². The monoisotopic (exact) mass is 535 g/mol. The Morgan fingerprint density at radius 3 is 2.17 bits per heavy atom. The third-order valence-electron chi connectivity index (χ3n) is 4.65. The molecule has 1 heterocycles. The minimum absolute atomic E-state index is 0. The zero-order valence-corrected chi connectivity index (χ0v) is 20.3. The summed E-state index contributed by atoms with van der Waals surface area (Å²) in [6.45, 7) is 10.2. The number of aliphatic imine (C=N–C) groups is 1. The van der Waals surface area contributed by atoms with Crippen molar-refractivity contribution in [3.63, 3.8) is 0 Å². The molecule has 1 saturated heterocycles. The summed E-state index contributed by atoms with van der Waals surface area (Å²) in [6.07, 6.45) is -1.67. The number of nitrogens with one attached hydrogen (secondary N) is 3. The number of alkyl halides is 3. The van der Waals surface area contributed by atoms with Crippen molar-refractivity contribution < 1.29 is 18.0 Å². The molecule has 1 fully saturated rings. The molecule has 0 unspecified atom stereocenters. The van der Waals surface area contributed by atoms with Crippen LogP contribution in [0.1, 0.15) is 47.0 Å². The summed E-state index contributed by atoms with van der Waals surface area (Å²) >= 11 is 0. The smallest absolute Gasteiger partial charge is 0.357 e. The van der Waals surface area contributed by atoms with E-state index in [-0.39, 0.29) is 29.9 Å². The summed E-state index contributed by atoms with van der Waals surface area (Å²) in [4.78, 5) is 17.9. The molecule has 29 heavy (non-hydrogen) atoms. The first kappa shape index (κ1) is 28.2. The van der Waals surface area contributed by atoms with E-state index in [0.717, 1.165) is 25.8 Å². The normalized spacial score (nSPS) is 16.9. The molecule has 0 aromatic heterocycles. The second-order valence-corrected chi connectivity index (χ2v) is 8.32. The maximum atomic E-state index is 12.4. The number of carbonyl (C=O) groups is 1. The Hall–Kier alpha value is -0.780. The van der Waals surface area contributed by atoms with Gasteiger partial charge in [0.05, 0.1) is 6.54 Å². The van der Waals surface area contributed by atoms with Crippen molar-refractivity contribution in [2.75, 3.05) is 45.8 Å². The third-order valence-corrected chi connectivity index (χ3v) is 4.65. The number of hydrogen-bond donors (Lipinski definition) is 3. The van der Waals surface area contributed by atoms with E-state index in [2.05, 4.69) is 20.9 Å². The predicted octanol–water partition coefficient (Wildman–Crippen LogP) is 2.99. The summed E-state index contributed by atoms with van der Waals surface area (Å²) in [5.41, 5.74) is -0.408. The molecule has 6 nitrogen and oxygen atoms in total. The van der Waals surface area contributed by atoms with Crippen LogP contribution in [0.15, 0.2) is 4.99 Å². The van der Waals surface area contributed by atoms with E-state index < -0.39 is 18.1 Å². The van der Waals surface area contributed by atoms with Crippen LogP contribution in [0.3, 0.4) is 0 Å². The van der Waals surface area contributed by atoms with Crippen molar-refractivity contribution in [1.29, 1.82) is 0 Å². The lowest BCUT2D eigenvalue weighted by Gasteiger charge is -2.32. The lowest BCUT2D eigenvalue weighted by atomic mass is 9.93. The van der Waals surface area contributed by atoms with E-state index >= 15 is 0 Å².